The number of aromatic nitrogens is 2. The van der Waals surface area contributed by atoms with Crippen LogP contribution in [0.3, 0.4) is 0 Å². The first-order valence-electron chi connectivity index (χ1n) is 7.88. The van der Waals surface area contributed by atoms with Gasteiger partial charge >= 0.3 is 0 Å². The molecule has 2 heterocycles. The third-order valence-corrected chi connectivity index (χ3v) is 4.64. The van der Waals surface area contributed by atoms with Crippen molar-refractivity contribution in [1.29, 1.82) is 0 Å². The van der Waals surface area contributed by atoms with Gasteiger partial charge in [0, 0.05) is 38.3 Å². The van der Waals surface area contributed by atoms with Gasteiger partial charge in [-0.2, -0.15) is 5.10 Å². The van der Waals surface area contributed by atoms with Gasteiger partial charge in [0.15, 0.2) is 5.82 Å². The Bertz CT molecular complexity index is 502. The number of hydrogen-bond acceptors (Lipinski definition) is 4. The molecule has 1 aliphatic heterocycles. The molecule has 2 fully saturated rings. The quantitative estimate of drug-likeness (QED) is 0.883. The van der Waals surface area contributed by atoms with Gasteiger partial charge in [0.2, 0.25) is 5.91 Å². The highest BCUT2D eigenvalue weighted by Gasteiger charge is 2.34. The molecule has 3 atom stereocenters. The van der Waals surface area contributed by atoms with E-state index in [1.165, 1.54) is 13.3 Å². The highest BCUT2D eigenvalue weighted by molar-refractivity contribution is 5.87. The van der Waals surface area contributed by atoms with E-state index in [4.69, 9.17) is 0 Å². The van der Waals surface area contributed by atoms with Crippen LogP contribution in [-0.2, 0) is 4.79 Å². The Labute approximate surface area is 125 Å². The van der Waals surface area contributed by atoms with E-state index < -0.39 is 0 Å². The summed E-state index contributed by atoms with van der Waals surface area (Å²) in [5.74, 6) is 0.511. The van der Waals surface area contributed by atoms with Gasteiger partial charge in [-0.1, -0.05) is 12.8 Å². The summed E-state index contributed by atoms with van der Waals surface area (Å²) in [7, 11) is 0. The Morgan fingerprint density at radius 3 is 2.95 bits per heavy atom. The maximum atomic E-state index is 11.0. The summed E-state index contributed by atoms with van der Waals surface area (Å²) in [5.41, 5.74) is 0. The van der Waals surface area contributed by atoms with Gasteiger partial charge in [0.1, 0.15) is 0 Å². The van der Waals surface area contributed by atoms with Crippen molar-refractivity contribution >= 4 is 11.7 Å². The Morgan fingerprint density at radius 1 is 1.38 bits per heavy atom. The summed E-state index contributed by atoms with van der Waals surface area (Å²) < 4.78 is 1.94. The minimum Gasteiger partial charge on any atom is -0.391 e. The van der Waals surface area contributed by atoms with Crippen molar-refractivity contribution in [3.63, 3.8) is 0 Å². The number of anilines is 1. The number of nitrogens with zero attached hydrogens (tertiary/aromatic N) is 3. The van der Waals surface area contributed by atoms with Crippen LogP contribution in [0.5, 0.6) is 0 Å². The number of carbonyl (C=O) groups is 1. The van der Waals surface area contributed by atoms with Gasteiger partial charge in [-0.3, -0.25) is 14.4 Å². The standard InChI is InChI=1S/C15H24N4O2/c1-11(20)16-15-7-9-19(17-15)12-6-8-18(10-12)13-4-2-3-5-14(13)21/h7,9,12-14,21H,2-6,8,10H2,1H3,(H,16,17,20)/t12-,13+,14-/m1/s1. The lowest BCUT2D eigenvalue weighted by Gasteiger charge is -2.35. The van der Waals surface area contributed by atoms with E-state index >= 15 is 0 Å². The van der Waals surface area contributed by atoms with Crippen LogP contribution in [-0.4, -0.2) is 50.9 Å². The average molecular weight is 292 g/mol. The SMILES string of the molecule is CC(=O)Nc1ccn([C@@H]2CCN([C@H]3CCCC[C@H]3O)C2)n1. The summed E-state index contributed by atoms with van der Waals surface area (Å²) in [6.07, 6.45) is 7.20. The van der Waals surface area contributed by atoms with Gasteiger partial charge in [0.25, 0.3) is 0 Å². The summed E-state index contributed by atoms with van der Waals surface area (Å²) in [4.78, 5) is 13.5. The first kappa shape index (κ1) is 14.5. The molecule has 1 aromatic rings. The number of nitrogens with one attached hydrogen (secondary N) is 1. The molecule has 3 rings (SSSR count). The molecule has 2 N–H and O–H groups in total. The number of likely N-dealkylation sites (tertiary alicyclic amines) is 1. The van der Waals surface area contributed by atoms with Crippen LogP contribution in [0.1, 0.15) is 45.1 Å². The Balaban J connectivity index is 1.61. The molecule has 6 heteroatoms. The van der Waals surface area contributed by atoms with Crippen LogP contribution in [0.2, 0.25) is 0 Å². The molecule has 0 bridgehead atoms. The van der Waals surface area contributed by atoms with Crippen molar-refractivity contribution in [1.82, 2.24) is 14.7 Å². The molecule has 6 nitrogen and oxygen atoms in total. The maximum Gasteiger partial charge on any atom is 0.222 e. The van der Waals surface area contributed by atoms with Crippen molar-refractivity contribution in [3.05, 3.63) is 12.3 Å². The van der Waals surface area contributed by atoms with Crippen molar-refractivity contribution in [2.75, 3.05) is 18.4 Å². The molecule has 21 heavy (non-hydrogen) atoms. The van der Waals surface area contributed by atoms with E-state index in [-0.39, 0.29) is 12.0 Å². The average Bonchev–Trinajstić information content (AvgIpc) is 3.07. The number of rotatable bonds is 3. The Kier molecular flexibility index (Phi) is 4.26. The topological polar surface area (TPSA) is 70.4 Å². The zero-order valence-corrected chi connectivity index (χ0v) is 12.5. The monoisotopic (exact) mass is 292 g/mol. The molecule has 1 aliphatic carbocycles. The van der Waals surface area contributed by atoms with Crippen molar-refractivity contribution in [2.45, 2.75) is 57.2 Å². The third kappa shape index (κ3) is 3.27. The Hall–Kier alpha value is -1.40. The number of hydrogen-bond donors (Lipinski definition) is 2. The first-order valence-corrected chi connectivity index (χ1v) is 7.88. The number of aliphatic hydroxyl groups is 1. The predicted octanol–water partition coefficient (Wildman–Crippen LogP) is 1.39. The number of aliphatic hydroxyl groups excluding tert-OH is 1. The molecule has 0 aromatic carbocycles. The lowest BCUT2D eigenvalue weighted by Crippen LogP contribution is -2.44. The van der Waals surface area contributed by atoms with E-state index in [0.29, 0.717) is 17.9 Å². The van der Waals surface area contributed by atoms with Crippen LogP contribution >= 0.6 is 0 Å². The van der Waals surface area contributed by atoms with Gasteiger partial charge in [-0.15, -0.1) is 0 Å². The fourth-order valence-corrected chi connectivity index (χ4v) is 3.59. The van der Waals surface area contributed by atoms with Crippen LogP contribution in [0.4, 0.5) is 5.82 Å². The van der Waals surface area contributed by atoms with Gasteiger partial charge in [-0.25, -0.2) is 0 Å². The summed E-state index contributed by atoms with van der Waals surface area (Å²) in [5, 5.41) is 17.3. The van der Waals surface area contributed by atoms with E-state index in [2.05, 4.69) is 15.3 Å². The summed E-state index contributed by atoms with van der Waals surface area (Å²) >= 11 is 0. The molecular weight excluding hydrogens is 268 g/mol. The molecule has 1 amide bonds. The van der Waals surface area contributed by atoms with Crippen LogP contribution in [0, 0.1) is 0 Å². The molecule has 1 aromatic heterocycles. The van der Waals surface area contributed by atoms with E-state index in [0.717, 1.165) is 38.8 Å². The second-order valence-electron chi connectivity index (χ2n) is 6.22. The second kappa shape index (κ2) is 6.15. The second-order valence-corrected chi connectivity index (χ2v) is 6.22. The molecule has 2 aliphatic rings. The molecule has 116 valence electrons. The molecule has 0 unspecified atom stereocenters. The van der Waals surface area contributed by atoms with E-state index in [9.17, 15) is 9.90 Å². The van der Waals surface area contributed by atoms with Gasteiger partial charge in [-0.05, 0) is 19.3 Å². The van der Waals surface area contributed by atoms with Gasteiger partial charge in [0.05, 0.1) is 12.1 Å². The molecule has 0 spiro atoms. The Morgan fingerprint density at radius 2 is 2.19 bits per heavy atom. The lowest BCUT2D eigenvalue weighted by molar-refractivity contribution is -0.114. The third-order valence-electron chi connectivity index (χ3n) is 4.64. The lowest BCUT2D eigenvalue weighted by atomic mass is 9.91. The van der Waals surface area contributed by atoms with E-state index in [1.54, 1.807) is 0 Å². The predicted molar refractivity (Wildman–Crippen MR) is 80.0 cm³/mol. The fourth-order valence-electron chi connectivity index (χ4n) is 3.59. The fraction of sp³-hybridized carbons (Fsp3) is 0.733. The largest absolute Gasteiger partial charge is 0.391 e. The zero-order chi connectivity index (χ0) is 14.8. The highest BCUT2D eigenvalue weighted by atomic mass is 16.3. The minimum atomic E-state index is -0.176. The summed E-state index contributed by atoms with van der Waals surface area (Å²) in [6, 6.07) is 2.48. The normalized spacial score (nSPS) is 30.5. The highest BCUT2D eigenvalue weighted by Crippen LogP contribution is 2.30. The smallest absolute Gasteiger partial charge is 0.222 e. The minimum absolute atomic E-state index is 0.0985. The van der Waals surface area contributed by atoms with Crippen LogP contribution < -0.4 is 5.32 Å². The first-order chi connectivity index (χ1) is 10.1. The zero-order valence-electron chi connectivity index (χ0n) is 12.5. The number of amides is 1. The van der Waals surface area contributed by atoms with Crippen LogP contribution in [0.15, 0.2) is 12.3 Å². The number of carbonyl (C=O) groups excluding carboxylic acids is 1. The van der Waals surface area contributed by atoms with Crippen LogP contribution in [0.25, 0.3) is 0 Å². The van der Waals surface area contributed by atoms with E-state index in [1.807, 2.05) is 16.9 Å². The van der Waals surface area contributed by atoms with Gasteiger partial charge < -0.3 is 10.4 Å². The van der Waals surface area contributed by atoms with Crippen molar-refractivity contribution < 1.29 is 9.90 Å². The molecular formula is C15H24N4O2. The van der Waals surface area contributed by atoms with Crippen molar-refractivity contribution in [2.24, 2.45) is 0 Å². The summed E-state index contributed by atoms with van der Waals surface area (Å²) in [6.45, 7) is 3.44. The molecule has 1 saturated heterocycles. The van der Waals surface area contributed by atoms with Crippen molar-refractivity contribution in [3.8, 4) is 0 Å². The maximum absolute atomic E-state index is 11.0. The molecule has 0 radical (unpaired) electrons. The molecule has 1 saturated carbocycles.